The van der Waals surface area contributed by atoms with Gasteiger partial charge in [-0.2, -0.15) is 0 Å². The second-order valence-electron chi connectivity index (χ2n) is 5.90. The molecular weight excluding hydrogens is 266 g/mol. The van der Waals surface area contributed by atoms with E-state index in [0.717, 1.165) is 50.7 Å². The first kappa shape index (κ1) is 14.4. The molecule has 1 atom stereocenters. The first-order valence-electron chi connectivity index (χ1n) is 7.52. The van der Waals surface area contributed by atoms with Gasteiger partial charge in [-0.15, -0.1) is 0 Å². The summed E-state index contributed by atoms with van der Waals surface area (Å²) in [6.45, 7) is 6.69. The van der Waals surface area contributed by atoms with Gasteiger partial charge in [0.15, 0.2) is 0 Å². The summed E-state index contributed by atoms with van der Waals surface area (Å²) in [5.41, 5.74) is 2.38. The lowest BCUT2D eigenvalue weighted by atomic mass is 10.1. The number of ether oxygens (including phenoxy) is 1. The summed E-state index contributed by atoms with van der Waals surface area (Å²) < 4.78 is 12.8. The molecular formula is C16H23N3O2. The molecule has 1 aliphatic heterocycles. The first-order valence-corrected chi connectivity index (χ1v) is 7.52. The Hall–Kier alpha value is -1.59. The summed E-state index contributed by atoms with van der Waals surface area (Å²) in [6.07, 6.45) is 3.27. The van der Waals surface area contributed by atoms with E-state index in [0.29, 0.717) is 5.92 Å². The molecule has 1 aliphatic rings. The summed E-state index contributed by atoms with van der Waals surface area (Å²) >= 11 is 0. The molecule has 5 nitrogen and oxygen atoms in total. The Bertz CT molecular complexity index is 576. The number of nitrogens with zero attached hydrogens (tertiary/aromatic N) is 3. The van der Waals surface area contributed by atoms with Gasteiger partial charge in [-0.25, -0.2) is 0 Å². The maximum atomic E-state index is 5.26. The van der Waals surface area contributed by atoms with E-state index in [4.69, 9.17) is 9.26 Å². The highest BCUT2D eigenvalue weighted by Gasteiger charge is 2.22. The van der Waals surface area contributed by atoms with E-state index < -0.39 is 0 Å². The number of hydrogen-bond donors (Lipinski definition) is 0. The van der Waals surface area contributed by atoms with Crippen LogP contribution in [0.4, 0.5) is 0 Å². The molecule has 0 radical (unpaired) electrons. The standard InChI is InChI=1S/C16H23N3O2/c1-13-8-15(17-21-13)11-18-9-14(5-7-20-2)10-19-6-3-4-16(19)12-18/h3-4,6,8,14H,5,7,9-12H2,1-2H3/t14-/m0/s1. The van der Waals surface area contributed by atoms with Crippen LogP contribution in [0.2, 0.25) is 0 Å². The van der Waals surface area contributed by atoms with Gasteiger partial charge in [0.2, 0.25) is 0 Å². The van der Waals surface area contributed by atoms with Crippen LogP contribution in [-0.4, -0.2) is 34.9 Å². The third-order valence-electron chi connectivity index (χ3n) is 4.07. The van der Waals surface area contributed by atoms with E-state index in [1.165, 1.54) is 5.69 Å². The van der Waals surface area contributed by atoms with E-state index in [2.05, 4.69) is 33.0 Å². The molecule has 5 heteroatoms. The van der Waals surface area contributed by atoms with E-state index >= 15 is 0 Å². The lowest BCUT2D eigenvalue weighted by molar-refractivity contribution is 0.150. The smallest absolute Gasteiger partial charge is 0.133 e. The van der Waals surface area contributed by atoms with Gasteiger partial charge in [-0.05, 0) is 31.4 Å². The molecule has 0 saturated heterocycles. The highest BCUT2D eigenvalue weighted by atomic mass is 16.5. The molecule has 0 saturated carbocycles. The van der Waals surface area contributed by atoms with Crippen molar-refractivity contribution in [3.05, 3.63) is 41.5 Å². The van der Waals surface area contributed by atoms with Gasteiger partial charge < -0.3 is 13.8 Å². The van der Waals surface area contributed by atoms with Crippen LogP contribution in [0.3, 0.4) is 0 Å². The molecule has 114 valence electrons. The third kappa shape index (κ3) is 3.54. The first-order chi connectivity index (χ1) is 10.2. The Morgan fingerprint density at radius 3 is 3.10 bits per heavy atom. The summed E-state index contributed by atoms with van der Waals surface area (Å²) in [5, 5.41) is 4.12. The van der Waals surface area contributed by atoms with Crippen molar-refractivity contribution in [2.24, 2.45) is 5.92 Å². The van der Waals surface area contributed by atoms with Gasteiger partial charge in [0.1, 0.15) is 5.76 Å². The lowest BCUT2D eigenvalue weighted by Gasteiger charge is -2.22. The normalized spacial score (nSPS) is 19.4. The zero-order valence-electron chi connectivity index (χ0n) is 12.8. The highest BCUT2D eigenvalue weighted by molar-refractivity contribution is 5.10. The number of fused-ring (bicyclic) bond motifs is 1. The fourth-order valence-electron chi connectivity index (χ4n) is 3.07. The molecule has 2 aromatic heterocycles. The zero-order valence-corrected chi connectivity index (χ0v) is 12.8. The monoisotopic (exact) mass is 289 g/mol. The van der Waals surface area contributed by atoms with Gasteiger partial charge in [0, 0.05) is 57.9 Å². The van der Waals surface area contributed by atoms with Crippen LogP contribution in [-0.2, 0) is 24.4 Å². The van der Waals surface area contributed by atoms with Crippen molar-refractivity contribution in [3.63, 3.8) is 0 Å². The molecule has 21 heavy (non-hydrogen) atoms. The van der Waals surface area contributed by atoms with Crippen LogP contribution >= 0.6 is 0 Å². The fourth-order valence-corrected chi connectivity index (χ4v) is 3.07. The van der Waals surface area contributed by atoms with Crippen LogP contribution in [0.15, 0.2) is 28.9 Å². The van der Waals surface area contributed by atoms with Crippen molar-refractivity contribution in [1.82, 2.24) is 14.6 Å². The van der Waals surface area contributed by atoms with Gasteiger partial charge in [-0.3, -0.25) is 4.90 Å². The van der Waals surface area contributed by atoms with Crippen molar-refractivity contribution in [1.29, 1.82) is 0 Å². The van der Waals surface area contributed by atoms with Crippen LogP contribution in [0, 0.1) is 12.8 Å². The second kappa shape index (κ2) is 6.45. The predicted molar refractivity (Wildman–Crippen MR) is 79.8 cm³/mol. The summed E-state index contributed by atoms with van der Waals surface area (Å²) in [5.74, 6) is 1.48. The zero-order chi connectivity index (χ0) is 14.7. The molecule has 0 amide bonds. The molecule has 3 rings (SSSR count). The average molecular weight is 289 g/mol. The molecule has 0 spiro atoms. The topological polar surface area (TPSA) is 43.4 Å². The minimum absolute atomic E-state index is 0.603. The maximum Gasteiger partial charge on any atom is 0.133 e. The van der Waals surface area contributed by atoms with Gasteiger partial charge in [0.05, 0.1) is 5.69 Å². The molecule has 0 aliphatic carbocycles. The molecule has 0 N–H and O–H groups in total. The van der Waals surface area contributed by atoms with Crippen molar-refractivity contribution in [2.75, 3.05) is 20.3 Å². The van der Waals surface area contributed by atoms with Gasteiger partial charge in [0.25, 0.3) is 0 Å². The van der Waals surface area contributed by atoms with Crippen LogP contribution in [0.1, 0.15) is 23.6 Å². The number of aromatic nitrogens is 2. The number of methoxy groups -OCH3 is 1. The van der Waals surface area contributed by atoms with E-state index in [9.17, 15) is 0 Å². The SMILES string of the molecule is COCC[C@H]1CN(Cc2cc(C)on2)Cc2cccn2C1. The Morgan fingerprint density at radius 1 is 1.43 bits per heavy atom. The molecule has 0 bridgehead atoms. The fraction of sp³-hybridized carbons (Fsp3) is 0.562. The van der Waals surface area contributed by atoms with Crippen LogP contribution < -0.4 is 0 Å². The Balaban J connectivity index is 1.73. The van der Waals surface area contributed by atoms with E-state index in [1.807, 2.05) is 13.0 Å². The van der Waals surface area contributed by atoms with Crippen molar-refractivity contribution in [3.8, 4) is 0 Å². The van der Waals surface area contributed by atoms with E-state index in [-0.39, 0.29) is 0 Å². The predicted octanol–water partition coefficient (Wildman–Crippen LogP) is 2.45. The average Bonchev–Trinajstić information content (AvgIpc) is 3.02. The summed E-state index contributed by atoms with van der Waals surface area (Å²) in [4.78, 5) is 2.45. The Kier molecular flexibility index (Phi) is 4.41. The largest absolute Gasteiger partial charge is 0.385 e. The summed E-state index contributed by atoms with van der Waals surface area (Å²) in [6, 6.07) is 6.36. The molecule has 0 fully saturated rings. The molecule has 3 heterocycles. The maximum absolute atomic E-state index is 5.26. The van der Waals surface area contributed by atoms with Crippen molar-refractivity contribution in [2.45, 2.75) is 33.0 Å². The second-order valence-corrected chi connectivity index (χ2v) is 5.90. The molecule has 0 unspecified atom stereocenters. The minimum Gasteiger partial charge on any atom is -0.385 e. The third-order valence-corrected chi connectivity index (χ3v) is 4.07. The molecule has 2 aromatic rings. The van der Waals surface area contributed by atoms with Gasteiger partial charge >= 0.3 is 0 Å². The Labute approximate surface area is 125 Å². The van der Waals surface area contributed by atoms with Crippen LogP contribution in [0.5, 0.6) is 0 Å². The number of hydrogen-bond acceptors (Lipinski definition) is 4. The van der Waals surface area contributed by atoms with E-state index in [1.54, 1.807) is 7.11 Å². The number of aryl methyl sites for hydroxylation is 1. The summed E-state index contributed by atoms with van der Waals surface area (Å²) in [7, 11) is 1.77. The lowest BCUT2D eigenvalue weighted by Crippen LogP contribution is -2.28. The Morgan fingerprint density at radius 2 is 2.33 bits per heavy atom. The van der Waals surface area contributed by atoms with Crippen molar-refractivity contribution >= 4 is 0 Å². The van der Waals surface area contributed by atoms with Crippen molar-refractivity contribution < 1.29 is 9.26 Å². The van der Waals surface area contributed by atoms with Crippen LogP contribution in [0.25, 0.3) is 0 Å². The number of rotatable bonds is 5. The highest BCUT2D eigenvalue weighted by Crippen LogP contribution is 2.21. The quantitative estimate of drug-likeness (QED) is 0.848. The molecule has 0 aromatic carbocycles. The minimum atomic E-state index is 0.603. The van der Waals surface area contributed by atoms with Gasteiger partial charge in [-0.1, -0.05) is 5.16 Å².